The number of imide groups is 1. The Balaban J connectivity index is 1.56. The average molecular weight is 348 g/mol. The van der Waals surface area contributed by atoms with Crippen molar-refractivity contribution in [3.8, 4) is 5.75 Å². The van der Waals surface area contributed by atoms with Crippen molar-refractivity contribution in [3.63, 3.8) is 0 Å². The minimum Gasteiger partial charge on any atom is -0.427 e. The van der Waals surface area contributed by atoms with Crippen molar-refractivity contribution in [2.45, 2.75) is 13.3 Å². The second-order valence-electron chi connectivity index (χ2n) is 6.17. The monoisotopic (exact) mass is 348 g/mol. The number of carbonyl (C=O) groups is 3. The van der Waals surface area contributed by atoms with Gasteiger partial charge in [-0.1, -0.05) is 12.1 Å². The molecule has 2 heterocycles. The van der Waals surface area contributed by atoms with Crippen LogP contribution in [0.2, 0.25) is 0 Å². The number of aromatic nitrogens is 1. The topological polar surface area (TPSA) is 79.5 Å². The number of rotatable bonds is 4. The number of ether oxygens (including phenoxy) is 1. The SMILES string of the molecule is CC(=O)Oc1ccc2[nH]cc(CCN3C(=O)c4ccccc4C3=O)c2c1. The number of amides is 2. The molecule has 0 atom stereocenters. The van der Waals surface area contributed by atoms with Crippen LogP contribution in [-0.2, 0) is 11.2 Å². The first-order valence-electron chi connectivity index (χ1n) is 8.28. The Kier molecular flexibility index (Phi) is 3.80. The van der Waals surface area contributed by atoms with Crippen molar-refractivity contribution in [1.29, 1.82) is 0 Å². The highest BCUT2D eigenvalue weighted by molar-refractivity contribution is 6.21. The van der Waals surface area contributed by atoms with Gasteiger partial charge in [0.05, 0.1) is 11.1 Å². The zero-order chi connectivity index (χ0) is 18.3. The van der Waals surface area contributed by atoms with Crippen molar-refractivity contribution in [3.05, 3.63) is 65.4 Å². The molecule has 6 nitrogen and oxygen atoms in total. The summed E-state index contributed by atoms with van der Waals surface area (Å²) in [5, 5.41) is 0.903. The number of carbonyl (C=O) groups excluding carboxylic acids is 3. The van der Waals surface area contributed by atoms with Gasteiger partial charge in [-0.2, -0.15) is 0 Å². The molecule has 3 aromatic rings. The quantitative estimate of drug-likeness (QED) is 0.447. The number of nitrogens with zero attached hydrogens (tertiary/aromatic N) is 1. The molecule has 1 N–H and O–H groups in total. The minimum absolute atomic E-state index is 0.258. The Morgan fingerprint density at radius 2 is 1.77 bits per heavy atom. The molecule has 1 aliphatic rings. The number of benzene rings is 2. The maximum Gasteiger partial charge on any atom is 0.308 e. The Morgan fingerprint density at radius 1 is 1.08 bits per heavy atom. The van der Waals surface area contributed by atoms with E-state index in [0.29, 0.717) is 23.3 Å². The number of hydrogen-bond donors (Lipinski definition) is 1. The number of esters is 1. The summed E-state index contributed by atoms with van der Waals surface area (Å²) in [7, 11) is 0. The molecule has 2 aromatic carbocycles. The van der Waals surface area contributed by atoms with Crippen molar-refractivity contribution < 1.29 is 19.1 Å². The number of hydrogen-bond acceptors (Lipinski definition) is 4. The summed E-state index contributed by atoms with van der Waals surface area (Å²) in [6.45, 7) is 1.64. The van der Waals surface area contributed by atoms with Crippen molar-refractivity contribution in [1.82, 2.24) is 9.88 Å². The summed E-state index contributed by atoms with van der Waals surface area (Å²) in [6.07, 6.45) is 2.36. The maximum absolute atomic E-state index is 12.4. The lowest BCUT2D eigenvalue weighted by atomic mass is 10.1. The lowest BCUT2D eigenvalue weighted by Gasteiger charge is -2.13. The summed E-state index contributed by atoms with van der Waals surface area (Å²) in [6, 6.07) is 12.2. The van der Waals surface area contributed by atoms with Crippen LogP contribution in [0.3, 0.4) is 0 Å². The van der Waals surface area contributed by atoms with Crippen LogP contribution in [0.5, 0.6) is 5.75 Å². The largest absolute Gasteiger partial charge is 0.427 e. The zero-order valence-corrected chi connectivity index (χ0v) is 14.1. The highest BCUT2D eigenvalue weighted by Gasteiger charge is 2.34. The summed E-state index contributed by atoms with van der Waals surface area (Å²) < 4.78 is 5.13. The molecule has 0 radical (unpaired) electrons. The molecule has 6 heteroatoms. The van der Waals surface area contributed by atoms with Gasteiger partial charge in [0.25, 0.3) is 11.8 Å². The molecular weight excluding hydrogens is 332 g/mol. The second kappa shape index (κ2) is 6.15. The van der Waals surface area contributed by atoms with Crippen LogP contribution in [0.25, 0.3) is 10.9 Å². The zero-order valence-electron chi connectivity index (χ0n) is 14.1. The normalized spacial score (nSPS) is 13.3. The third-order valence-corrected chi connectivity index (χ3v) is 4.48. The first-order chi connectivity index (χ1) is 12.5. The van der Waals surface area contributed by atoms with Gasteiger partial charge in [-0.25, -0.2) is 0 Å². The number of aromatic amines is 1. The molecule has 130 valence electrons. The van der Waals surface area contributed by atoms with Gasteiger partial charge in [0.15, 0.2) is 0 Å². The third kappa shape index (κ3) is 2.65. The molecule has 0 saturated carbocycles. The van der Waals surface area contributed by atoms with E-state index in [9.17, 15) is 14.4 Å². The van der Waals surface area contributed by atoms with Gasteiger partial charge in [0.1, 0.15) is 5.75 Å². The molecule has 0 fully saturated rings. The van der Waals surface area contributed by atoms with E-state index in [0.717, 1.165) is 16.5 Å². The third-order valence-electron chi connectivity index (χ3n) is 4.48. The van der Waals surface area contributed by atoms with Crippen LogP contribution >= 0.6 is 0 Å². The van der Waals surface area contributed by atoms with Gasteiger partial charge in [0, 0.05) is 30.6 Å². The van der Waals surface area contributed by atoms with Gasteiger partial charge in [-0.3, -0.25) is 19.3 Å². The van der Waals surface area contributed by atoms with E-state index in [1.165, 1.54) is 11.8 Å². The molecule has 0 spiro atoms. The first-order valence-corrected chi connectivity index (χ1v) is 8.28. The highest BCUT2D eigenvalue weighted by atomic mass is 16.5. The van der Waals surface area contributed by atoms with E-state index < -0.39 is 0 Å². The van der Waals surface area contributed by atoms with Crippen molar-refractivity contribution >= 4 is 28.7 Å². The average Bonchev–Trinajstić information content (AvgIpc) is 3.13. The van der Waals surface area contributed by atoms with Gasteiger partial charge >= 0.3 is 5.97 Å². The lowest BCUT2D eigenvalue weighted by molar-refractivity contribution is -0.131. The molecule has 0 aliphatic carbocycles. The van der Waals surface area contributed by atoms with Crippen LogP contribution in [0.1, 0.15) is 33.2 Å². The molecular formula is C20H16N2O4. The van der Waals surface area contributed by atoms with Crippen LogP contribution in [0.4, 0.5) is 0 Å². The fraction of sp³-hybridized carbons (Fsp3) is 0.150. The molecule has 26 heavy (non-hydrogen) atoms. The molecule has 2 amide bonds. The van der Waals surface area contributed by atoms with E-state index >= 15 is 0 Å². The van der Waals surface area contributed by atoms with Gasteiger partial charge in [0.2, 0.25) is 0 Å². The van der Waals surface area contributed by atoms with E-state index in [-0.39, 0.29) is 24.3 Å². The Hall–Kier alpha value is -3.41. The smallest absolute Gasteiger partial charge is 0.308 e. The molecule has 0 bridgehead atoms. The summed E-state index contributed by atoms with van der Waals surface area (Å²) >= 11 is 0. The molecule has 0 unspecified atom stereocenters. The van der Waals surface area contributed by atoms with Crippen LogP contribution in [-0.4, -0.2) is 34.2 Å². The fourth-order valence-electron chi connectivity index (χ4n) is 3.27. The number of fused-ring (bicyclic) bond motifs is 2. The van der Waals surface area contributed by atoms with Crippen LogP contribution in [0, 0.1) is 0 Å². The van der Waals surface area contributed by atoms with Crippen LogP contribution in [0.15, 0.2) is 48.7 Å². The Labute approximate surface area is 149 Å². The van der Waals surface area contributed by atoms with Gasteiger partial charge in [-0.15, -0.1) is 0 Å². The maximum atomic E-state index is 12.4. The predicted molar refractivity (Wildman–Crippen MR) is 95.1 cm³/mol. The number of H-pyrrole nitrogens is 1. The standard InChI is InChI=1S/C20H16N2O4/c1-12(23)26-14-6-7-18-17(10-14)13(11-21-18)8-9-22-19(24)15-4-2-3-5-16(15)20(22)25/h2-7,10-11,21H,8-9H2,1H3. The second-order valence-corrected chi connectivity index (χ2v) is 6.17. The lowest BCUT2D eigenvalue weighted by Crippen LogP contribution is -2.31. The first kappa shape index (κ1) is 16.1. The van der Waals surface area contributed by atoms with Crippen molar-refractivity contribution in [2.24, 2.45) is 0 Å². The summed E-state index contributed by atoms with van der Waals surface area (Å²) in [5.41, 5.74) is 2.76. The van der Waals surface area contributed by atoms with E-state index in [1.54, 1.807) is 36.4 Å². The molecule has 1 aliphatic heterocycles. The van der Waals surface area contributed by atoms with E-state index in [4.69, 9.17) is 4.74 Å². The van der Waals surface area contributed by atoms with Crippen molar-refractivity contribution in [2.75, 3.05) is 6.54 Å². The number of nitrogens with one attached hydrogen (secondary N) is 1. The van der Waals surface area contributed by atoms with Gasteiger partial charge in [-0.05, 0) is 42.3 Å². The fourth-order valence-corrected chi connectivity index (χ4v) is 3.27. The highest BCUT2D eigenvalue weighted by Crippen LogP contribution is 2.26. The minimum atomic E-state index is -0.382. The van der Waals surface area contributed by atoms with E-state index in [2.05, 4.69) is 4.98 Å². The predicted octanol–water partition coefficient (Wildman–Crippen LogP) is 2.93. The van der Waals surface area contributed by atoms with E-state index in [1.807, 2.05) is 12.3 Å². The Morgan fingerprint density at radius 3 is 2.42 bits per heavy atom. The molecule has 0 saturated heterocycles. The Bertz CT molecular complexity index is 1020. The summed E-state index contributed by atoms with van der Waals surface area (Å²) in [5.74, 6) is -0.434. The summed E-state index contributed by atoms with van der Waals surface area (Å²) in [4.78, 5) is 40.5. The molecule has 4 rings (SSSR count). The van der Waals surface area contributed by atoms with Crippen LogP contribution < -0.4 is 4.74 Å². The van der Waals surface area contributed by atoms with Gasteiger partial charge < -0.3 is 9.72 Å². The molecule has 1 aromatic heterocycles.